The van der Waals surface area contributed by atoms with Gasteiger partial charge in [0.25, 0.3) is 0 Å². The standard InChI is InChI=1S/C13H18BrClN2O/c14-11-6-9-3-5-18-13(9)10(7-11)8-12(17-16)2-1-4-15/h6-7,12,17H,1-5,8,16H2. The quantitative estimate of drug-likeness (QED) is 0.478. The van der Waals surface area contributed by atoms with Crippen molar-refractivity contribution in [3.8, 4) is 5.75 Å². The van der Waals surface area contributed by atoms with Crippen molar-refractivity contribution < 1.29 is 4.74 Å². The third-order valence-corrected chi connectivity index (χ3v) is 3.94. The van der Waals surface area contributed by atoms with Crippen molar-refractivity contribution >= 4 is 27.5 Å². The molecule has 1 aliphatic rings. The number of rotatable bonds is 6. The Kier molecular flexibility index (Phi) is 5.30. The summed E-state index contributed by atoms with van der Waals surface area (Å²) in [4.78, 5) is 0. The van der Waals surface area contributed by atoms with E-state index in [-0.39, 0.29) is 6.04 Å². The van der Waals surface area contributed by atoms with Gasteiger partial charge in [-0.15, -0.1) is 11.6 Å². The average Bonchev–Trinajstić information content (AvgIpc) is 2.82. The number of hydrogen-bond acceptors (Lipinski definition) is 3. The zero-order chi connectivity index (χ0) is 13.0. The molecular weight excluding hydrogens is 316 g/mol. The van der Waals surface area contributed by atoms with Crippen molar-refractivity contribution in [2.75, 3.05) is 12.5 Å². The number of nitrogens with one attached hydrogen (secondary N) is 1. The van der Waals surface area contributed by atoms with Crippen LogP contribution in [0.5, 0.6) is 5.75 Å². The van der Waals surface area contributed by atoms with Crippen LogP contribution in [0.15, 0.2) is 16.6 Å². The fraction of sp³-hybridized carbons (Fsp3) is 0.538. The normalized spacial score (nSPS) is 15.3. The fourth-order valence-corrected chi connectivity index (χ4v) is 3.04. The smallest absolute Gasteiger partial charge is 0.125 e. The zero-order valence-corrected chi connectivity index (χ0v) is 12.6. The highest BCUT2D eigenvalue weighted by molar-refractivity contribution is 9.10. The van der Waals surface area contributed by atoms with Crippen LogP contribution in [0.3, 0.4) is 0 Å². The molecule has 0 aromatic heterocycles. The molecule has 0 aliphatic carbocycles. The van der Waals surface area contributed by atoms with Crippen molar-refractivity contribution in [3.05, 3.63) is 27.7 Å². The largest absolute Gasteiger partial charge is 0.493 e. The second kappa shape index (κ2) is 6.75. The van der Waals surface area contributed by atoms with Gasteiger partial charge in [-0.1, -0.05) is 15.9 Å². The third kappa shape index (κ3) is 3.38. The third-order valence-electron chi connectivity index (χ3n) is 3.21. The Bertz CT molecular complexity index is 414. The Hall–Kier alpha value is -0.290. The van der Waals surface area contributed by atoms with Crippen LogP contribution in [0.1, 0.15) is 24.0 Å². The van der Waals surface area contributed by atoms with E-state index in [0.29, 0.717) is 5.88 Å². The highest BCUT2D eigenvalue weighted by Gasteiger charge is 2.19. The topological polar surface area (TPSA) is 47.3 Å². The van der Waals surface area contributed by atoms with Crippen LogP contribution in [-0.4, -0.2) is 18.5 Å². The molecule has 0 spiro atoms. The number of halogens is 2. The first-order valence-electron chi connectivity index (χ1n) is 6.20. The summed E-state index contributed by atoms with van der Waals surface area (Å²) < 4.78 is 6.83. The Morgan fingerprint density at radius 2 is 2.33 bits per heavy atom. The minimum Gasteiger partial charge on any atom is -0.493 e. The first kappa shape index (κ1) is 14.1. The predicted octanol–water partition coefficient (Wildman–Crippen LogP) is 2.78. The molecule has 3 N–H and O–H groups in total. The lowest BCUT2D eigenvalue weighted by atomic mass is 9.99. The second-order valence-corrected chi connectivity index (χ2v) is 5.84. The highest BCUT2D eigenvalue weighted by atomic mass is 79.9. The van der Waals surface area contributed by atoms with E-state index >= 15 is 0 Å². The van der Waals surface area contributed by atoms with Gasteiger partial charge in [0, 0.05) is 22.8 Å². The van der Waals surface area contributed by atoms with Crippen LogP contribution < -0.4 is 16.0 Å². The molecule has 0 saturated carbocycles. The fourth-order valence-electron chi connectivity index (χ4n) is 2.33. The predicted molar refractivity (Wildman–Crippen MR) is 78.1 cm³/mol. The molecule has 0 fully saturated rings. The zero-order valence-electron chi connectivity index (χ0n) is 10.2. The van der Waals surface area contributed by atoms with Crippen LogP contribution in [0.2, 0.25) is 0 Å². The Labute approximate surface area is 121 Å². The monoisotopic (exact) mass is 332 g/mol. The Morgan fingerprint density at radius 3 is 3.06 bits per heavy atom. The Morgan fingerprint density at radius 1 is 1.50 bits per heavy atom. The molecule has 5 heteroatoms. The molecule has 100 valence electrons. The number of benzene rings is 1. The number of nitrogens with two attached hydrogens (primary N) is 1. The molecular formula is C13H18BrClN2O. The second-order valence-electron chi connectivity index (χ2n) is 4.55. The van der Waals surface area contributed by atoms with Gasteiger partial charge in [-0.05, 0) is 42.5 Å². The summed E-state index contributed by atoms with van der Waals surface area (Å²) in [7, 11) is 0. The highest BCUT2D eigenvalue weighted by Crippen LogP contribution is 2.33. The molecule has 1 heterocycles. The van der Waals surface area contributed by atoms with Crippen LogP contribution in [-0.2, 0) is 12.8 Å². The van der Waals surface area contributed by atoms with E-state index in [0.717, 1.165) is 42.5 Å². The van der Waals surface area contributed by atoms with Crippen LogP contribution >= 0.6 is 27.5 Å². The van der Waals surface area contributed by atoms with Crippen molar-refractivity contribution in [1.29, 1.82) is 0 Å². The molecule has 1 aromatic carbocycles. The van der Waals surface area contributed by atoms with E-state index in [1.807, 2.05) is 0 Å². The van der Waals surface area contributed by atoms with Crippen molar-refractivity contribution in [1.82, 2.24) is 5.43 Å². The van der Waals surface area contributed by atoms with Gasteiger partial charge in [-0.25, -0.2) is 0 Å². The van der Waals surface area contributed by atoms with Crippen molar-refractivity contribution in [2.45, 2.75) is 31.7 Å². The summed E-state index contributed by atoms with van der Waals surface area (Å²) in [5, 5.41) is 0. The summed E-state index contributed by atoms with van der Waals surface area (Å²) in [6, 6.07) is 4.50. The van der Waals surface area contributed by atoms with Crippen molar-refractivity contribution in [3.63, 3.8) is 0 Å². The van der Waals surface area contributed by atoms with Crippen LogP contribution in [0.25, 0.3) is 0 Å². The maximum atomic E-state index is 5.72. The first-order chi connectivity index (χ1) is 8.74. The first-order valence-corrected chi connectivity index (χ1v) is 7.53. The maximum Gasteiger partial charge on any atom is 0.125 e. The van der Waals surface area contributed by atoms with E-state index in [9.17, 15) is 0 Å². The number of alkyl halides is 1. The molecule has 18 heavy (non-hydrogen) atoms. The summed E-state index contributed by atoms with van der Waals surface area (Å²) in [6.45, 7) is 0.779. The molecule has 1 atom stereocenters. The van der Waals surface area contributed by atoms with E-state index < -0.39 is 0 Å². The van der Waals surface area contributed by atoms with Gasteiger partial charge in [0.1, 0.15) is 5.75 Å². The SMILES string of the molecule is NNC(CCCCl)Cc1cc(Br)cc2c1OCC2. The van der Waals surface area contributed by atoms with Crippen molar-refractivity contribution in [2.24, 2.45) is 5.84 Å². The van der Waals surface area contributed by atoms with E-state index in [4.69, 9.17) is 22.2 Å². The minimum atomic E-state index is 0.242. The summed E-state index contributed by atoms with van der Waals surface area (Å²) in [5.74, 6) is 7.32. The van der Waals surface area contributed by atoms with E-state index in [2.05, 4.69) is 33.5 Å². The van der Waals surface area contributed by atoms with Gasteiger partial charge in [-0.3, -0.25) is 11.3 Å². The number of fused-ring (bicyclic) bond motifs is 1. The van der Waals surface area contributed by atoms with Crippen LogP contribution in [0, 0.1) is 0 Å². The Balaban J connectivity index is 2.12. The van der Waals surface area contributed by atoms with Gasteiger partial charge in [0.05, 0.1) is 6.61 Å². The van der Waals surface area contributed by atoms with Crippen LogP contribution in [0.4, 0.5) is 0 Å². The van der Waals surface area contributed by atoms with Gasteiger partial charge in [-0.2, -0.15) is 0 Å². The van der Waals surface area contributed by atoms with E-state index in [1.165, 1.54) is 11.1 Å². The number of hydrogen-bond donors (Lipinski definition) is 2. The lowest BCUT2D eigenvalue weighted by molar-refractivity contribution is 0.350. The molecule has 0 saturated heterocycles. The molecule has 1 aliphatic heterocycles. The number of hydrazine groups is 1. The van der Waals surface area contributed by atoms with E-state index in [1.54, 1.807) is 0 Å². The lowest BCUT2D eigenvalue weighted by Crippen LogP contribution is -2.36. The molecule has 0 bridgehead atoms. The molecule has 0 amide bonds. The van der Waals surface area contributed by atoms with Gasteiger partial charge in [0.2, 0.25) is 0 Å². The minimum absolute atomic E-state index is 0.242. The maximum absolute atomic E-state index is 5.72. The summed E-state index contributed by atoms with van der Waals surface area (Å²) >= 11 is 9.28. The average molecular weight is 334 g/mol. The molecule has 1 aromatic rings. The molecule has 1 unspecified atom stereocenters. The molecule has 3 nitrogen and oxygen atoms in total. The lowest BCUT2D eigenvalue weighted by Gasteiger charge is -2.17. The van der Waals surface area contributed by atoms with Gasteiger partial charge >= 0.3 is 0 Å². The number of ether oxygens (including phenoxy) is 1. The van der Waals surface area contributed by atoms with Gasteiger partial charge < -0.3 is 4.74 Å². The van der Waals surface area contributed by atoms with Gasteiger partial charge in [0.15, 0.2) is 0 Å². The summed E-state index contributed by atoms with van der Waals surface area (Å²) in [5.41, 5.74) is 5.37. The molecule has 2 rings (SSSR count). The molecule has 0 radical (unpaired) electrons. The summed E-state index contributed by atoms with van der Waals surface area (Å²) in [6.07, 6.45) is 3.80.